The predicted molar refractivity (Wildman–Crippen MR) is 138 cm³/mol. The number of likely N-dealkylation sites (N-methyl/N-ethyl adjacent to an activating group) is 1. The van der Waals surface area contributed by atoms with Crippen LogP contribution in [0, 0.1) is 11.3 Å². The summed E-state index contributed by atoms with van der Waals surface area (Å²) in [4.78, 5) is 20.0. The van der Waals surface area contributed by atoms with Crippen molar-refractivity contribution in [1.82, 2.24) is 14.2 Å². The number of H-pyrrole nitrogens is 1. The molecule has 35 heavy (non-hydrogen) atoms. The van der Waals surface area contributed by atoms with Crippen molar-refractivity contribution in [1.29, 1.82) is 5.26 Å². The van der Waals surface area contributed by atoms with Gasteiger partial charge in [0.15, 0.2) is 11.5 Å². The van der Waals surface area contributed by atoms with Gasteiger partial charge in [0.05, 0.1) is 28.6 Å². The SMILES string of the molecule is CCN(CC)CCOc1cc2c(cc1[S+]([O-])N(C)C)C(=O)c1c([nH]c3cc(C#N)ccc13)C2(C)C. The first-order valence-corrected chi connectivity index (χ1v) is 13.0. The van der Waals surface area contributed by atoms with Crippen molar-refractivity contribution >= 4 is 28.0 Å². The zero-order valence-corrected chi connectivity index (χ0v) is 22.0. The fraction of sp³-hybridized carbons (Fsp3) is 0.407. The van der Waals surface area contributed by atoms with E-state index in [9.17, 15) is 14.6 Å². The van der Waals surface area contributed by atoms with Crippen LogP contribution in [0.5, 0.6) is 5.75 Å². The van der Waals surface area contributed by atoms with Crippen LogP contribution >= 0.6 is 0 Å². The second kappa shape index (κ2) is 9.67. The topological polar surface area (TPSA) is 95.4 Å². The molecule has 0 saturated heterocycles. The molecular formula is C27H32N4O3S. The summed E-state index contributed by atoms with van der Waals surface area (Å²) in [7, 11) is 3.48. The van der Waals surface area contributed by atoms with Crippen LogP contribution in [-0.4, -0.2) is 64.9 Å². The van der Waals surface area contributed by atoms with Crippen LogP contribution in [0.1, 0.15) is 60.4 Å². The molecule has 0 amide bonds. The fourth-order valence-electron chi connectivity index (χ4n) is 4.78. The highest BCUT2D eigenvalue weighted by molar-refractivity contribution is 7.89. The Labute approximate surface area is 210 Å². The number of nitrogens with zero attached hydrogens (tertiary/aromatic N) is 3. The quantitative estimate of drug-likeness (QED) is 0.473. The minimum atomic E-state index is -1.48. The van der Waals surface area contributed by atoms with Gasteiger partial charge in [0, 0.05) is 54.3 Å². The summed E-state index contributed by atoms with van der Waals surface area (Å²) in [6, 6.07) is 11.1. The van der Waals surface area contributed by atoms with Crippen LogP contribution in [0.15, 0.2) is 35.2 Å². The summed E-state index contributed by atoms with van der Waals surface area (Å²) in [5.41, 5.74) is 3.56. The van der Waals surface area contributed by atoms with Crippen molar-refractivity contribution < 1.29 is 14.1 Å². The highest BCUT2D eigenvalue weighted by Gasteiger charge is 2.41. The van der Waals surface area contributed by atoms with E-state index in [4.69, 9.17) is 4.74 Å². The normalized spacial score (nSPS) is 15.3. The predicted octanol–water partition coefficient (Wildman–Crippen LogP) is 4.21. The molecule has 1 heterocycles. The van der Waals surface area contributed by atoms with E-state index in [1.807, 2.05) is 12.1 Å². The highest BCUT2D eigenvalue weighted by Crippen LogP contribution is 2.46. The molecule has 4 rings (SSSR count). The smallest absolute Gasteiger partial charge is 0.216 e. The third-order valence-corrected chi connectivity index (χ3v) is 8.22. The number of ether oxygens (including phenoxy) is 1. The number of aromatic nitrogens is 1. The van der Waals surface area contributed by atoms with Crippen LogP contribution in [-0.2, 0) is 16.8 Å². The van der Waals surface area contributed by atoms with E-state index in [0.717, 1.165) is 41.8 Å². The van der Waals surface area contributed by atoms with Crippen molar-refractivity contribution in [3.8, 4) is 11.8 Å². The molecule has 0 radical (unpaired) electrons. The van der Waals surface area contributed by atoms with Crippen molar-refractivity contribution in [3.05, 3.63) is 58.3 Å². The van der Waals surface area contributed by atoms with Gasteiger partial charge in [-0.1, -0.05) is 33.8 Å². The van der Waals surface area contributed by atoms with Gasteiger partial charge in [-0.15, -0.1) is 4.31 Å². The molecular weight excluding hydrogens is 460 g/mol. The standard InChI is InChI=1S/C27H32N4O3S/c1-7-31(8-2)11-12-34-22-15-20-19(14-23(22)35(33)30(5)6)25(32)24-18-10-9-17(16-28)13-21(18)29-26(24)27(20,3)4/h9-10,13-15,29H,7-8,11-12H2,1-6H3. The van der Waals surface area contributed by atoms with Crippen molar-refractivity contribution in [2.75, 3.05) is 40.3 Å². The second-order valence-electron chi connectivity index (χ2n) is 9.48. The molecule has 1 aliphatic carbocycles. The zero-order chi connectivity index (χ0) is 25.5. The van der Waals surface area contributed by atoms with Gasteiger partial charge in [0.25, 0.3) is 0 Å². The van der Waals surface area contributed by atoms with E-state index in [1.165, 1.54) is 0 Å². The zero-order valence-electron chi connectivity index (χ0n) is 21.2. The van der Waals surface area contributed by atoms with Crippen LogP contribution in [0.25, 0.3) is 10.9 Å². The van der Waals surface area contributed by atoms with Gasteiger partial charge in [-0.3, -0.25) is 4.79 Å². The Hall–Kier alpha value is -2.83. The van der Waals surface area contributed by atoms with E-state index in [0.29, 0.717) is 33.9 Å². The Morgan fingerprint density at radius 3 is 2.51 bits per heavy atom. The molecule has 8 heteroatoms. The number of ketones is 1. The molecule has 1 N–H and O–H groups in total. The summed E-state index contributed by atoms with van der Waals surface area (Å²) in [6.07, 6.45) is 0. The largest absolute Gasteiger partial charge is 0.593 e. The number of aromatic amines is 1. The number of carbonyl (C=O) groups excluding carboxylic acids is 1. The van der Waals surface area contributed by atoms with Crippen molar-refractivity contribution in [2.45, 2.75) is 38.0 Å². The molecule has 1 atom stereocenters. The Morgan fingerprint density at radius 2 is 1.89 bits per heavy atom. The van der Waals surface area contributed by atoms with E-state index in [2.05, 4.69) is 43.6 Å². The maximum absolute atomic E-state index is 13.8. The molecule has 0 saturated carbocycles. The molecule has 1 aliphatic rings. The molecule has 7 nitrogen and oxygen atoms in total. The molecule has 0 aliphatic heterocycles. The number of rotatable bonds is 8. The Morgan fingerprint density at radius 1 is 1.17 bits per heavy atom. The van der Waals surface area contributed by atoms with Gasteiger partial charge < -0.3 is 19.2 Å². The van der Waals surface area contributed by atoms with E-state index in [1.54, 1.807) is 36.6 Å². The van der Waals surface area contributed by atoms with Gasteiger partial charge in [0.1, 0.15) is 6.61 Å². The summed E-state index contributed by atoms with van der Waals surface area (Å²) in [6.45, 7) is 11.4. The first-order valence-electron chi connectivity index (χ1n) is 11.9. The first-order chi connectivity index (χ1) is 16.6. The number of nitrogens with one attached hydrogen (secondary N) is 1. The Bertz CT molecular complexity index is 1320. The number of hydrogen-bond acceptors (Lipinski definition) is 6. The van der Waals surface area contributed by atoms with Crippen molar-refractivity contribution in [3.63, 3.8) is 0 Å². The minimum Gasteiger partial charge on any atom is -0.593 e. The average Bonchev–Trinajstić information content (AvgIpc) is 3.24. The number of benzene rings is 2. The van der Waals surface area contributed by atoms with Crippen molar-refractivity contribution in [2.24, 2.45) is 0 Å². The maximum atomic E-state index is 13.8. The molecule has 0 fully saturated rings. The third kappa shape index (κ3) is 4.34. The molecule has 1 unspecified atom stereocenters. The van der Waals surface area contributed by atoms with Crippen LogP contribution in [0.4, 0.5) is 0 Å². The summed E-state index contributed by atoms with van der Waals surface area (Å²) < 4.78 is 21.0. The van der Waals surface area contributed by atoms with E-state index in [-0.39, 0.29) is 5.78 Å². The van der Waals surface area contributed by atoms with Gasteiger partial charge in [-0.05, 0) is 36.9 Å². The number of nitriles is 1. The molecule has 3 aromatic rings. The second-order valence-corrected chi connectivity index (χ2v) is 11.2. The lowest BCUT2D eigenvalue weighted by Crippen LogP contribution is -2.32. The lowest BCUT2D eigenvalue weighted by Gasteiger charge is -2.33. The summed E-state index contributed by atoms with van der Waals surface area (Å²) in [5, 5.41) is 10.1. The van der Waals surface area contributed by atoms with Gasteiger partial charge in [-0.2, -0.15) is 5.26 Å². The number of fused-ring (bicyclic) bond motifs is 4. The molecule has 0 bridgehead atoms. The Balaban J connectivity index is 1.85. The number of carbonyl (C=O) groups is 1. The fourth-order valence-corrected chi connectivity index (χ4v) is 5.68. The molecule has 0 spiro atoms. The highest BCUT2D eigenvalue weighted by atomic mass is 32.2. The lowest BCUT2D eigenvalue weighted by atomic mass is 9.71. The average molecular weight is 493 g/mol. The van der Waals surface area contributed by atoms with Crippen LogP contribution in [0.3, 0.4) is 0 Å². The molecule has 184 valence electrons. The lowest BCUT2D eigenvalue weighted by molar-refractivity contribution is 0.103. The van der Waals surface area contributed by atoms with E-state index < -0.39 is 16.8 Å². The Kier molecular flexibility index (Phi) is 6.98. The van der Waals surface area contributed by atoms with Gasteiger partial charge >= 0.3 is 0 Å². The molecule has 2 aromatic carbocycles. The monoisotopic (exact) mass is 492 g/mol. The molecule has 1 aromatic heterocycles. The summed E-state index contributed by atoms with van der Waals surface area (Å²) >= 11 is -1.48. The summed E-state index contributed by atoms with van der Waals surface area (Å²) in [5.74, 6) is 0.423. The van der Waals surface area contributed by atoms with Crippen LogP contribution < -0.4 is 4.74 Å². The third-order valence-electron chi connectivity index (χ3n) is 6.86. The first kappa shape index (κ1) is 25.3. The maximum Gasteiger partial charge on any atom is 0.216 e. The van der Waals surface area contributed by atoms with Gasteiger partial charge in [-0.25, -0.2) is 0 Å². The van der Waals surface area contributed by atoms with Crippen LogP contribution in [0.2, 0.25) is 0 Å². The van der Waals surface area contributed by atoms with Gasteiger partial charge in [0.2, 0.25) is 4.90 Å². The minimum absolute atomic E-state index is 0.114. The van der Waals surface area contributed by atoms with E-state index >= 15 is 0 Å². The number of hydrogen-bond donors (Lipinski definition) is 1.